The van der Waals surface area contributed by atoms with Crippen LogP contribution in [0.5, 0.6) is 5.75 Å². The van der Waals surface area contributed by atoms with Gasteiger partial charge in [0.1, 0.15) is 5.75 Å². The van der Waals surface area contributed by atoms with Gasteiger partial charge in [0.05, 0.1) is 0 Å². The first-order valence-corrected chi connectivity index (χ1v) is 6.54. The summed E-state index contributed by atoms with van der Waals surface area (Å²) in [6.07, 6.45) is 0. The van der Waals surface area contributed by atoms with Gasteiger partial charge in [-0.1, -0.05) is 26.0 Å². The largest absolute Gasteiger partial charge is 0.527 e. The minimum atomic E-state index is -3.98. The topological polar surface area (TPSA) is 55.8 Å². The van der Waals surface area contributed by atoms with E-state index >= 15 is 0 Å². The van der Waals surface area contributed by atoms with Crippen molar-refractivity contribution in [1.29, 1.82) is 0 Å². The summed E-state index contributed by atoms with van der Waals surface area (Å²) < 4.78 is 20.8. The fraction of sp³-hybridized carbons (Fsp3) is 0.455. The van der Waals surface area contributed by atoms with Gasteiger partial charge in [-0.2, -0.15) is 0 Å². The number of benzene rings is 1. The Morgan fingerprint density at radius 1 is 1.38 bits per heavy atom. The molecule has 0 aliphatic rings. The van der Waals surface area contributed by atoms with E-state index < -0.39 is 7.82 Å². The summed E-state index contributed by atoms with van der Waals surface area (Å²) in [7, 11) is -2.84. The lowest BCUT2D eigenvalue weighted by Crippen LogP contribution is -1.99. The molecule has 90 valence electrons. The van der Waals surface area contributed by atoms with E-state index in [4.69, 9.17) is 4.52 Å². The van der Waals surface area contributed by atoms with Gasteiger partial charge < -0.3 is 4.52 Å². The molecular formula is C11H17O4P. The van der Waals surface area contributed by atoms with Crippen LogP contribution in [0.2, 0.25) is 0 Å². The highest BCUT2D eigenvalue weighted by Crippen LogP contribution is 2.45. The van der Waals surface area contributed by atoms with Crippen molar-refractivity contribution in [3.63, 3.8) is 0 Å². The zero-order valence-corrected chi connectivity index (χ0v) is 10.8. The average molecular weight is 244 g/mol. The van der Waals surface area contributed by atoms with Crippen LogP contribution in [-0.2, 0) is 9.09 Å². The third kappa shape index (κ3) is 3.34. The van der Waals surface area contributed by atoms with Crippen LogP contribution in [0.3, 0.4) is 0 Å². The summed E-state index contributed by atoms with van der Waals surface area (Å²) in [6, 6.07) is 5.57. The van der Waals surface area contributed by atoms with E-state index in [1.54, 1.807) is 6.07 Å². The van der Waals surface area contributed by atoms with Crippen LogP contribution < -0.4 is 4.52 Å². The van der Waals surface area contributed by atoms with Crippen molar-refractivity contribution in [2.75, 3.05) is 7.11 Å². The molecular weight excluding hydrogens is 227 g/mol. The van der Waals surface area contributed by atoms with Gasteiger partial charge in [0, 0.05) is 7.11 Å². The highest BCUT2D eigenvalue weighted by molar-refractivity contribution is 7.47. The Morgan fingerprint density at radius 3 is 2.50 bits per heavy atom. The Bertz CT molecular complexity index is 414. The lowest BCUT2D eigenvalue weighted by Gasteiger charge is -2.16. The molecule has 0 aliphatic heterocycles. The molecule has 0 fully saturated rings. The number of rotatable bonds is 4. The van der Waals surface area contributed by atoms with Crippen LogP contribution in [0.15, 0.2) is 18.2 Å². The Balaban J connectivity index is 3.11. The van der Waals surface area contributed by atoms with Crippen molar-refractivity contribution >= 4 is 7.82 Å². The van der Waals surface area contributed by atoms with Gasteiger partial charge in [-0.3, -0.25) is 9.42 Å². The molecule has 0 saturated carbocycles. The zero-order valence-electron chi connectivity index (χ0n) is 9.93. The molecule has 1 aromatic rings. The maximum atomic E-state index is 11.3. The molecule has 0 amide bonds. The second-order valence-electron chi connectivity index (χ2n) is 3.94. The van der Waals surface area contributed by atoms with E-state index in [9.17, 15) is 9.46 Å². The minimum Gasteiger partial charge on any atom is -0.404 e. The van der Waals surface area contributed by atoms with E-state index in [1.165, 1.54) is 0 Å². The summed E-state index contributed by atoms with van der Waals surface area (Å²) in [6.45, 7) is 5.88. The van der Waals surface area contributed by atoms with E-state index in [0.29, 0.717) is 5.75 Å². The molecule has 1 unspecified atom stereocenters. The number of aryl methyl sites for hydroxylation is 1. The molecule has 0 radical (unpaired) electrons. The Labute approximate surface area is 95.8 Å². The second-order valence-corrected chi connectivity index (χ2v) is 5.42. The molecule has 0 saturated heterocycles. The first-order valence-electron chi connectivity index (χ1n) is 5.04. The van der Waals surface area contributed by atoms with Gasteiger partial charge in [-0.25, -0.2) is 4.57 Å². The molecule has 4 nitrogen and oxygen atoms in total. The number of hydrogen-bond acceptors (Lipinski definition) is 3. The normalized spacial score (nSPS) is 14.9. The third-order valence-corrected chi connectivity index (χ3v) is 3.12. The van der Waals surface area contributed by atoms with E-state index in [-0.39, 0.29) is 5.92 Å². The quantitative estimate of drug-likeness (QED) is 0.826. The zero-order chi connectivity index (χ0) is 12.3. The predicted molar refractivity (Wildman–Crippen MR) is 62.7 cm³/mol. The minimum absolute atomic E-state index is 0.215. The monoisotopic (exact) mass is 244 g/mol. The first kappa shape index (κ1) is 13.2. The third-order valence-electron chi connectivity index (χ3n) is 2.24. The Kier molecular flexibility index (Phi) is 4.14. The molecule has 0 bridgehead atoms. The van der Waals surface area contributed by atoms with Crippen LogP contribution in [0.4, 0.5) is 0 Å². The summed E-state index contributed by atoms with van der Waals surface area (Å²) in [5.41, 5.74) is 1.85. The van der Waals surface area contributed by atoms with E-state index in [1.807, 2.05) is 32.9 Å². The standard InChI is InChI=1S/C11H17O4P/c1-8(2)10-6-5-9(3)7-11(10)15-16(12,13)14-4/h5-8H,1-4H3,(H,12,13). The van der Waals surface area contributed by atoms with Crippen molar-refractivity contribution in [2.45, 2.75) is 26.7 Å². The van der Waals surface area contributed by atoms with E-state index in [2.05, 4.69) is 4.52 Å². The smallest absolute Gasteiger partial charge is 0.404 e. The Morgan fingerprint density at radius 2 is 2.00 bits per heavy atom. The lowest BCUT2D eigenvalue weighted by molar-refractivity contribution is 0.242. The number of phosphoric ester groups is 1. The highest BCUT2D eigenvalue weighted by Gasteiger charge is 2.22. The van der Waals surface area contributed by atoms with Crippen LogP contribution in [0.25, 0.3) is 0 Å². The van der Waals surface area contributed by atoms with Crippen molar-refractivity contribution in [3.8, 4) is 5.75 Å². The van der Waals surface area contributed by atoms with Crippen LogP contribution in [-0.4, -0.2) is 12.0 Å². The summed E-state index contributed by atoms with van der Waals surface area (Å²) >= 11 is 0. The fourth-order valence-corrected chi connectivity index (χ4v) is 1.84. The van der Waals surface area contributed by atoms with Crippen molar-refractivity contribution in [3.05, 3.63) is 29.3 Å². The highest BCUT2D eigenvalue weighted by atomic mass is 31.2. The molecule has 1 rings (SSSR count). The van der Waals surface area contributed by atoms with Crippen molar-refractivity contribution < 1.29 is 18.5 Å². The summed E-state index contributed by atoms with van der Waals surface area (Å²) in [5, 5.41) is 0. The molecule has 1 N–H and O–H groups in total. The molecule has 0 aromatic heterocycles. The molecule has 5 heteroatoms. The van der Waals surface area contributed by atoms with Crippen LogP contribution >= 0.6 is 7.82 Å². The summed E-state index contributed by atoms with van der Waals surface area (Å²) in [4.78, 5) is 9.28. The average Bonchev–Trinajstić information content (AvgIpc) is 2.16. The second kappa shape index (κ2) is 5.00. The van der Waals surface area contributed by atoms with Gasteiger partial charge in [-0.05, 0) is 30.0 Å². The maximum absolute atomic E-state index is 11.3. The number of hydrogen-bond donors (Lipinski definition) is 1. The van der Waals surface area contributed by atoms with Gasteiger partial charge in [-0.15, -0.1) is 0 Å². The number of phosphoric acid groups is 1. The SMILES string of the molecule is COP(=O)(O)Oc1cc(C)ccc1C(C)C. The molecule has 0 heterocycles. The summed E-state index contributed by atoms with van der Waals surface area (Å²) in [5.74, 6) is 0.620. The van der Waals surface area contributed by atoms with Crippen molar-refractivity contribution in [2.24, 2.45) is 0 Å². The van der Waals surface area contributed by atoms with Crippen LogP contribution in [0.1, 0.15) is 30.9 Å². The fourth-order valence-electron chi connectivity index (χ4n) is 1.36. The molecule has 0 aliphatic carbocycles. The molecule has 1 atom stereocenters. The maximum Gasteiger partial charge on any atom is 0.527 e. The predicted octanol–water partition coefficient (Wildman–Crippen LogP) is 3.24. The van der Waals surface area contributed by atoms with Gasteiger partial charge in [0.25, 0.3) is 0 Å². The van der Waals surface area contributed by atoms with Gasteiger partial charge in [0.15, 0.2) is 0 Å². The molecule has 16 heavy (non-hydrogen) atoms. The van der Waals surface area contributed by atoms with Crippen molar-refractivity contribution in [1.82, 2.24) is 0 Å². The van der Waals surface area contributed by atoms with Crippen LogP contribution in [0, 0.1) is 6.92 Å². The van der Waals surface area contributed by atoms with Gasteiger partial charge in [0.2, 0.25) is 0 Å². The van der Waals surface area contributed by atoms with Gasteiger partial charge >= 0.3 is 7.82 Å². The molecule has 0 spiro atoms. The lowest BCUT2D eigenvalue weighted by atomic mass is 10.0. The first-order chi connectivity index (χ1) is 7.35. The molecule has 1 aromatic carbocycles. The Hall–Kier alpha value is -0.830. The van der Waals surface area contributed by atoms with E-state index in [0.717, 1.165) is 18.2 Å².